The summed E-state index contributed by atoms with van der Waals surface area (Å²) >= 11 is 0. The predicted molar refractivity (Wildman–Crippen MR) is 156 cm³/mol. The van der Waals surface area contributed by atoms with Crippen LogP contribution in [0.2, 0.25) is 0 Å². The van der Waals surface area contributed by atoms with Gasteiger partial charge in [-0.25, -0.2) is 14.5 Å². The van der Waals surface area contributed by atoms with Crippen molar-refractivity contribution in [1.82, 2.24) is 29.4 Å². The molecular formula is C31H33N9O. The topological polar surface area (TPSA) is 89.1 Å². The van der Waals surface area contributed by atoms with Crippen molar-refractivity contribution < 1.29 is 4.74 Å². The van der Waals surface area contributed by atoms with E-state index in [0.29, 0.717) is 17.6 Å². The Hall–Kier alpha value is -4.20. The second-order valence-electron chi connectivity index (χ2n) is 11.8. The number of likely N-dealkylation sites (N-methyl/N-ethyl adjacent to an activating group) is 1. The lowest BCUT2D eigenvalue weighted by Crippen LogP contribution is -2.68. The van der Waals surface area contributed by atoms with Crippen molar-refractivity contribution in [1.29, 1.82) is 5.26 Å². The largest absolute Gasteiger partial charge is 0.477 e. The van der Waals surface area contributed by atoms with Gasteiger partial charge in [-0.15, -0.1) is 0 Å². The molecule has 41 heavy (non-hydrogen) atoms. The summed E-state index contributed by atoms with van der Waals surface area (Å²) < 4.78 is 7.43. The van der Waals surface area contributed by atoms with E-state index in [-0.39, 0.29) is 0 Å². The van der Waals surface area contributed by atoms with Crippen LogP contribution in [-0.2, 0) is 13.0 Å². The molecule has 0 aliphatic carbocycles. The van der Waals surface area contributed by atoms with Gasteiger partial charge in [-0.05, 0) is 43.3 Å². The Balaban J connectivity index is 1.01. The lowest BCUT2D eigenvalue weighted by Gasteiger charge is -2.56. The molecule has 0 saturated carbocycles. The summed E-state index contributed by atoms with van der Waals surface area (Å²) in [5.74, 6) is 1.82. The number of ether oxygens (including phenoxy) is 1. The fourth-order valence-corrected chi connectivity index (χ4v) is 6.92. The zero-order valence-corrected chi connectivity index (χ0v) is 23.3. The summed E-state index contributed by atoms with van der Waals surface area (Å²) in [6, 6.07) is 12.1. The van der Waals surface area contributed by atoms with Crippen LogP contribution in [0, 0.1) is 11.3 Å². The number of fused-ring (bicyclic) bond motifs is 4. The van der Waals surface area contributed by atoms with Gasteiger partial charge in [0.1, 0.15) is 11.9 Å². The third-order valence-corrected chi connectivity index (χ3v) is 9.27. The number of piperazine rings is 2. The Morgan fingerprint density at radius 1 is 1.00 bits per heavy atom. The average Bonchev–Trinajstić information content (AvgIpc) is 3.66. The molecule has 5 aliphatic rings. The van der Waals surface area contributed by atoms with Gasteiger partial charge in [0.05, 0.1) is 35.8 Å². The maximum atomic E-state index is 9.79. The van der Waals surface area contributed by atoms with E-state index in [1.54, 1.807) is 6.20 Å². The van der Waals surface area contributed by atoms with Gasteiger partial charge in [-0.1, -0.05) is 0 Å². The molecule has 0 aromatic carbocycles. The minimum atomic E-state index is 0.532. The molecule has 2 atom stereocenters. The van der Waals surface area contributed by atoms with E-state index in [0.717, 1.165) is 92.9 Å². The van der Waals surface area contributed by atoms with E-state index >= 15 is 0 Å². The number of nitrogens with zero attached hydrogens (tertiary/aromatic N) is 9. The van der Waals surface area contributed by atoms with Crippen LogP contribution >= 0.6 is 0 Å². The number of nitriles is 1. The molecule has 10 nitrogen and oxygen atoms in total. The molecule has 4 aromatic heterocycles. The van der Waals surface area contributed by atoms with Gasteiger partial charge in [-0.3, -0.25) is 4.90 Å². The smallest absolute Gasteiger partial charge is 0.216 e. The zero-order chi connectivity index (χ0) is 27.5. The van der Waals surface area contributed by atoms with E-state index in [1.165, 1.54) is 17.5 Å². The van der Waals surface area contributed by atoms with E-state index < -0.39 is 0 Å². The highest BCUT2D eigenvalue weighted by Gasteiger charge is 2.44. The fourth-order valence-electron chi connectivity index (χ4n) is 6.92. The number of hydrogen-bond acceptors (Lipinski definition) is 9. The van der Waals surface area contributed by atoms with Crippen LogP contribution in [0.3, 0.4) is 0 Å². The number of anilines is 2. The fraction of sp³-hybridized carbons (Fsp3) is 0.419. The van der Waals surface area contributed by atoms with Crippen LogP contribution in [0.15, 0.2) is 49.1 Å². The number of pyridine rings is 3. The molecule has 0 N–H and O–H groups in total. The van der Waals surface area contributed by atoms with Crippen LogP contribution in [0.25, 0.3) is 16.6 Å². The van der Waals surface area contributed by atoms with Crippen LogP contribution in [0.4, 0.5) is 11.5 Å². The van der Waals surface area contributed by atoms with Crippen LogP contribution in [0.1, 0.15) is 23.1 Å². The number of piperidine rings is 1. The first-order chi connectivity index (χ1) is 20.1. The lowest BCUT2D eigenvalue weighted by atomic mass is 9.86. The molecule has 9 heterocycles. The minimum Gasteiger partial charge on any atom is -0.477 e. The zero-order valence-electron chi connectivity index (χ0n) is 23.3. The first kappa shape index (κ1) is 24.6. The minimum absolute atomic E-state index is 0.532. The quantitative estimate of drug-likeness (QED) is 0.374. The molecule has 0 spiro atoms. The summed E-state index contributed by atoms with van der Waals surface area (Å²) in [6.45, 7) is 7.65. The first-order valence-electron chi connectivity index (χ1n) is 14.6. The second kappa shape index (κ2) is 9.72. The Bertz CT molecular complexity index is 1640. The maximum Gasteiger partial charge on any atom is 0.216 e. The molecule has 208 valence electrons. The van der Waals surface area contributed by atoms with Crippen molar-refractivity contribution in [2.24, 2.45) is 0 Å². The molecule has 9 rings (SSSR count). The maximum absolute atomic E-state index is 9.79. The summed E-state index contributed by atoms with van der Waals surface area (Å²) in [4.78, 5) is 19.2. The summed E-state index contributed by atoms with van der Waals surface area (Å²) in [6.07, 6.45) is 9.85. The normalized spacial score (nSPS) is 22.3. The van der Waals surface area contributed by atoms with Gasteiger partial charge in [0.15, 0.2) is 0 Å². The molecule has 4 aromatic rings. The summed E-state index contributed by atoms with van der Waals surface area (Å²) in [7, 11) is 2.16. The number of aromatic nitrogens is 4. The van der Waals surface area contributed by atoms with Crippen molar-refractivity contribution in [3.8, 4) is 23.1 Å². The monoisotopic (exact) mass is 547 g/mol. The van der Waals surface area contributed by atoms with Gasteiger partial charge < -0.3 is 19.4 Å². The van der Waals surface area contributed by atoms with Crippen molar-refractivity contribution in [3.63, 3.8) is 0 Å². The Morgan fingerprint density at radius 2 is 1.85 bits per heavy atom. The van der Waals surface area contributed by atoms with Gasteiger partial charge in [0.25, 0.3) is 0 Å². The SMILES string of the molecule is CN1CCN(c2cc(-c3ccc(N4CC5CC(C4)N5Cc4cnc5c(c4)CCO5)nc3)c3c(C#N)cnn3c2)CC1. The van der Waals surface area contributed by atoms with Gasteiger partial charge in [0.2, 0.25) is 5.88 Å². The van der Waals surface area contributed by atoms with Crippen LogP contribution < -0.4 is 14.5 Å². The van der Waals surface area contributed by atoms with E-state index in [4.69, 9.17) is 9.72 Å². The van der Waals surface area contributed by atoms with E-state index in [1.807, 2.05) is 23.1 Å². The molecule has 0 radical (unpaired) electrons. The second-order valence-corrected chi connectivity index (χ2v) is 11.8. The molecule has 5 aliphatic heterocycles. The molecule has 2 bridgehead atoms. The molecule has 4 saturated heterocycles. The molecule has 0 amide bonds. The van der Waals surface area contributed by atoms with Gasteiger partial charge in [0, 0.05) is 93.4 Å². The highest BCUT2D eigenvalue weighted by atomic mass is 16.5. The van der Waals surface area contributed by atoms with E-state index in [2.05, 4.69) is 67.1 Å². The van der Waals surface area contributed by atoms with E-state index in [9.17, 15) is 5.26 Å². The van der Waals surface area contributed by atoms with Crippen LogP contribution in [0.5, 0.6) is 5.88 Å². The summed E-state index contributed by atoms with van der Waals surface area (Å²) in [5.41, 5.74) is 7.06. The predicted octanol–water partition coefficient (Wildman–Crippen LogP) is 2.81. The Kier molecular flexibility index (Phi) is 5.83. The van der Waals surface area contributed by atoms with Gasteiger partial charge >= 0.3 is 0 Å². The molecule has 4 fully saturated rings. The Morgan fingerprint density at radius 3 is 2.63 bits per heavy atom. The Labute approximate surface area is 239 Å². The summed E-state index contributed by atoms with van der Waals surface area (Å²) in [5, 5.41) is 14.3. The standard InChI is InChI=1S/C31H33N9O/c1-36-5-7-37(8-6-36)25-12-28(30-24(13-32)16-35-40(30)20-25)23-2-3-29(33-15-23)38-18-26-11-27(19-38)39(26)17-21-10-22-4-9-41-31(22)34-14-21/h2-3,10,12,14-16,20,26-27H,4-9,11,17-19H2,1H3. The highest BCUT2D eigenvalue weighted by molar-refractivity contribution is 5.86. The molecular weight excluding hydrogens is 514 g/mol. The first-order valence-corrected chi connectivity index (χ1v) is 14.6. The average molecular weight is 548 g/mol. The van der Waals surface area contributed by atoms with Crippen LogP contribution in [-0.4, -0.2) is 94.4 Å². The lowest BCUT2D eigenvalue weighted by molar-refractivity contribution is -0.00877. The number of hydrogen-bond donors (Lipinski definition) is 0. The molecule has 2 unspecified atom stereocenters. The molecule has 10 heteroatoms. The van der Waals surface area contributed by atoms with Crippen molar-refractivity contribution in [3.05, 3.63) is 65.7 Å². The van der Waals surface area contributed by atoms with Gasteiger partial charge in [-0.2, -0.15) is 10.4 Å². The highest BCUT2D eigenvalue weighted by Crippen LogP contribution is 2.37. The van der Waals surface area contributed by atoms with Crippen molar-refractivity contribution >= 4 is 17.0 Å². The number of rotatable bonds is 5. The van der Waals surface area contributed by atoms with Crippen molar-refractivity contribution in [2.75, 3.05) is 62.7 Å². The third-order valence-electron chi connectivity index (χ3n) is 9.27. The van der Waals surface area contributed by atoms with Crippen molar-refractivity contribution in [2.45, 2.75) is 31.5 Å². The third kappa shape index (κ3) is 4.28.